The Balaban J connectivity index is 1.55. The average molecular weight is 485 g/mol. The smallest absolute Gasteiger partial charge is 0.408 e. The second-order valence-corrected chi connectivity index (χ2v) is 9.76. The number of ether oxygens (including phenoxy) is 2. The lowest BCUT2D eigenvalue weighted by molar-refractivity contribution is -0.140. The van der Waals surface area contributed by atoms with E-state index in [0.29, 0.717) is 45.6 Å². The second-order valence-electron chi connectivity index (χ2n) is 9.76. The molecular formula is C26H36N4O5. The third kappa shape index (κ3) is 7.69. The van der Waals surface area contributed by atoms with E-state index in [0.717, 1.165) is 18.4 Å². The largest absolute Gasteiger partial charge is 0.436 e. The van der Waals surface area contributed by atoms with Gasteiger partial charge in [-0.05, 0) is 30.7 Å². The van der Waals surface area contributed by atoms with Crippen LogP contribution in [-0.4, -0.2) is 60.8 Å². The first kappa shape index (κ1) is 26.5. The van der Waals surface area contributed by atoms with Gasteiger partial charge in [0.1, 0.15) is 5.54 Å². The Morgan fingerprint density at radius 2 is 1.83 bits per heavy atom. The number of amides is 3. The number of likely N-dealkylation sites (tertiary alicyclic amines) is 1. The Morgan fingerprint density at radius 3 is 2.43 bits per heavy atom. The summed E-state index contributed by atoms with van der Waals surface area (Å²) in [5.74, 6) is -0.322. The highest BCUT2D eigenvalue weighted by molar-refractivity contribution is 5.84. The number of hydrogen-bond acceptors (Lipinski definition) is 6. The molecule has 2 fully saturated rings. The van der Waals surface area contributed by atoms with Gasteiger partial charge in [-0.25, -0.2) is 4.79 Å². The Kier molecular flexibility index (Phi) is 9.49. The monoisotopic (exact) mass is 484 g/mol. The molecule has 9 heteroatoms. The summed E-state index contributed by atoms with van der Waals surface area (Å²) in [4.78, 5) is 40.1. The highest BCUT2D eigenvalue weighted by Gasteiger charge is 2.40. The van der Waals surface area contributed by atoms with Crippen LogP contribution >= 0.6 is 0 Å². The van der Waals surface area contributed by atoms with Gasteiger partial charge < -0.3 is 25.0 Å². The lowest BCUT2D eigenvalue weighted by Gasteiger charge is -2.40. The zero-order valence-electron chi connectivity index (χ0n) is 20.6. The second kappa shape index (κ2) is 12.5. The molecule has 35 heavy (non-hydrogen) atoms. The lowest BCUT2D eigenvalue weighted by Crippen LogP contribution is -2.58. The van der Waals surface area contributed by atoms with Crippen molar-refractivity contribution >= 4 is 17.9 Å². The van der Waals surface area contributed by atoms with E-state index in [1.165, 1.54) is 0 Å². The Hall–Kier alpha value is -3.12. The van der Waals surface area contributed by atoms with Crippen molar-refractivity contribution in [3.8, 4) is 6.07 Å². The van der Waals surface area contributed by atoms with Gasteiger partial charge in [-0.15, -0.1) is 0 Å². The fourth-order valence-electron chi connectivity index (χ4n) is 4.47. The molecular weight excluding hydrogens is 448 g/mol. The summed E-state index contributed by atoms with van der Waals surface area (Å²) in [5, 5.41) is 15.4. The van der Waals surface area contributed by atoms with Crippen LogP contribution in [0, 0.1) is 23.2 Å². The molecule has 190 valence electrons. The molecule has 1 aromatic rings. The van der Waals surface area contributed by atoms with Gasteiger partial charge in [0, 0.05) is 51.6 Å². The van der Waals surface area contributed by atoms with Gasteiger partial charge >= 0.3 is 6.09 Å². The molecule has 0 radical (unpaired) electrons. The SMILES string of the molecule is CC(C)C[C@H](OC(=O)NCc1ccccc1)C(=O)NC1(C#N)CCN(C(=O)C2CCOCC2)CC1. The molecule has 0 saturated carbocycles. The molecule has 3 amide bonds. The van der Waals surface area contributed by atoms with E-state index in [2.05, 4.69) is 16.7 Å². The standard InChI is InChI=1S/C26H36N4O5/c1-19(2)16-22(35-25(33)28-17-20-6-4-3-5-7-20)23(31)29-26(18-27)10-12-30(13-11-26)24(32)21-8-14-34-15-9-21/h3-7,19,21-22H,8-17H2,1-2H3,(H,28,33)(H,29,31)/t22-/m0/s1. The predicted molar refractivity (Wildman–Crippen MR) is 129 cm³/mol. The summed E-state index contributed by atoms with van der Waals surface area (Å²) < 4.78 is 10.8. The van der Waals surface area contributed by atoms with Crippen LogP contribution in [0.5, 0.6) is 0 Å². The van der Waals surface area contributed by atoms with E-state index in [4.69, 9.17) is 9.47 Å². The van der Waals surface area contributed by atoms with Crippen LogP contribution < -0.4 is 10.6 Å². The first-order chi connectivity index (χ1) is 16.8. The minimum Gasteiger partial charge on any atom is -0.436 e. The fraction of sp³-hybridized carbons (Fsp3) is 0.615. The molecule has 2 aliphatic heterocycles. The van der Waals surface area contributed by atoms with E-state index in [9.17, 15) is 19.6 Å². The number of alkyl carbamates (subject to hydrolysis) is 1. The summed E-state index contributed by atoms with van der Waals surface area (Å²) in [5.41, 5.74) is -0.178. The van der Waals surface area contributed by atoms with Crippen LogP contribution in [0.1, 0.15) is 51.5 Å². The lowest BCUT2D eigenvalue weighted by atomic mass is 9.87. The van der Waals surface area contributed by atoms with Gasteiger partial charge in [0.15, 0.2) is 6.10 Å². The van der Waals surface area contributed by atoms with Crippen LogP contribution in [-0.2, 0) is 25.6 Å². The molecule has 2 saturated heterocycles. The number of hydrogen-bond donors (Lipinski definition) is 2. The first-order valence-electron chi connectivity index (χ1n) is 12.4. The Labute approximate surface area is 207 Å². The maximum Gasteiger partial charge on any atom is 0.408 e. The summed E-state index contributed by atoms with van der Waals surface area (Å²) >= 11 is 0. The molecule has 0 unspecified atom stereocenters. The van der Waals surface area contributed by atoms with E-state index in [-0.39, 0.29) is 24.3 Å². The van der Waals surface area contributed by atoms with Crippen molar-refractivity contribution in [2.24, 2.45) is 11.8 Å². The molecule has 1 atom stereocenters. The van der Waals surface area contributed by atoms with Crippen molar-refractivity contribution in [2.75, 3.05) is 26.3 Å². The number of carbonyl (C=O) groups is 3. The number of nitrogens with one attached hydrogen (secondary N) is 2. The van der Waals surface area contributed by atoms with Gasteiger partial charge in [0.05, 0.1) is 6.07 Å². The van der Waals surface area contributed by atoms with E-state index < -0.39 is 23.6 Å². The number of piperidine rings is 1. The third-order valence-electron chi connectivity index (χ3n) is 6.58. The molecule has 3 rings (SSSR count). The summed E-state index contributed by atoms with van der Waals surface area (Å²) in [6, 6.07) is 11.7. The van der Waals surface area contributed by atoms with Gasteiger partial charge in [-0.2, -0.15) is 5.26 Å². The van der Waals surface area contributed by atoms with E-state index >= 15 is 0 Å². The number of rotatable bonds is 8. The first-order valence-corrected chi connectivity index (χ1v) is 12.4. The molecule has 0 bridgehead atoms. The summed E-state index contributed by atoms with van der Waals surface area (Å²) in [7, 11) is 0. The fourth-order valence-corrected chi connectivity index (χ4v) is 4.47. The van der Waals surface area contributed by atoms with Crippen LogP contribution in [0.3, 0.4) is 0 Å². The van der Waals surface area contributed by atoms with Crippen LogP contribution in [0.15, 0.2) is 30.3 Å². The average Bonchev–Trinajstić information content (AvgIpc) is 2.88. The number of carbonyl (C=O) groups excluding carboxylic acids is 3. The van der Waals surface area contributed by atoms with Crippen molar-refractivity contribution in [1.82, 2.24) is 15.5 Å². The van der Waals surface area contributed by atoms with Crippen molar-refractivity contribution < 1.29 is 23.9 Å². The normalized spacial score (nSPS) is 18.9. The molecule has 0 aliphatic carbocycles. The molecule has 0 spiro atoms. The number of nitrogens with zero attached hydrogens (tertiary/aromatic N) is 2. The van der Waals surface area contributed by atoms with Gasteiger partial charge in [0.25, 0.3) is 5.91 Å². The van der Waals surface area contributed by atoms with E-state index in [1.807, 2.05) is 44.2 Å². The van der Waals surface area contributed by atoms with Gasteiger partial charge in [0.2, 0.25) is 5.91 Å². The topological polar surface area (TPSA) is 121 Å². The zero-order chi connectivity index (χ0) is 25.3. The third-order valence-corrected chi connectivity index (χ3v) is 6.58. The highest BCUT2D eigenvalue weighted by atomic mass is 16.6. The summed E-state index contributed by atoms with van der Waals surface area (Å²) in [6.45, 7) is 6.15. The van der Waals surface area contributed by atoms with Crippen LogP contribution in [0.4, 0.5) is 4.79 Å². The number of nitriles is 1. The Bertz CT molecular complexity index is 900. The zero-order valence-corrected chi connectivity index (χ0v) is 20.6. The summed E-state index contributed by atoms with van der Waals surface area (Å²) in [6.07, 6.45) is 0.736. The van der Waals surface area contributed by atoms with Crippen molar-refractivity contribution in [3.05, 3.63) is 35.9 Å². The van der Waals surface area contributed by atoms with Crippen molar-refractivity contribution in [3.63, 3.8) is 0 Å². The van der Waals surface area contributed by atoms with Gasteiger partial charge in [-0.3, -0.25) is 9.59 Å². The maximum absolute atomic E-state index is 13.1. The molecule has 2 heterocycles. The van der Waals surface area contributed by atoms with E-state index in [1.54, 1.807) is 4.90 Å². The molecule has 2 aliphatic rings. The number of benzene rings is 1. The van der Waals surface area contributed by atoms with Crippen LogP contribution in [0.25, 0.3) is 0 Å². The molecule has 2 N–H and O–H groups in total. The maximum atomic E-state index is 13.1. The quantitative estimate of drug-likeness (QED) is 0.585. The van der Waals surface area contributed by atoms with Crippen molar-refractivity contribution in [2.45, 2.75) is 64.1 Å². The van der Waals surface area contributed by atoms with Crippen LogP contribution in [0.2, 0.25) is 0 Å². The molecule has 1 aromatic carbocycles. The molecule has 9 nitrogen and oxygen atoms in total. The van der Waals surface area contributed by atoms with Gasteiger partial charge in [-0.1, -0.05) is 44.2 Å². The predicted octanol–water partition coefficient (Wildman–Crippen LogP) is 2.76. The minimum atomic E-state index is -1.09. The highest BCUT2D eigenvalue weighted by Crippen LogP contribution is 2.26. The van der Waals surface area contributed by atoms with Crippen molar-refractivity contribution in [1.29, 1.82) is 5.26 Å². The Morgan fingerprint density at radius 1 is 1.17 bits per heavy atom. The molecule has 0 aromatic heterocycles. The minimum absolute atomic E-state index is 0.0360.